The quantitative estimate of drug-likeness (QED) is 0.407. The lowest BCUT2D eigenvalue weighted by atomic mass is 10.0. The predicted molar refractivity (Wildman–Crippen MR) is 128 cm³/mol. The summed E-state index contributed by atoms with van der Waals surface area (Å²) < 4.78 is 1.93. The van der Waals surface area contributed by atoms with E-state index in [4.69, 9.17) is 11.6 Å². The van der Waals surface area contributed by atoms with Crippen molar-refractivity contribution in [2.45, 2.75) is 19.1 Å². The molecule has 0 bridgehead atoms. The van der Waals surface area contributed by atoms with Gasteiger partial charge in [0.25, 0.3) is 0 Å². The van der Waals surface area contributed by atoms with E-state index in [1.54, 1.807) is 11.3 Å². The highest BCUT2D eigenvalue weighted by molar-refractivity contribution is 7.09. The van der Waals surface area contributed by atoms with Gasteiger partial charge in [-0.2, -0.15) is 0 Å². The molecule has 8 heteroatoms. The molecule has 0 amide bonds. The van der Waals surface area contributed by atoms with Crippen molar-refractivity contribution in [3.63, 3.8) is 0 Å². The molecule has 2 aromatic heterocycles. The number of benzene rings is 2. The zero-order valence-electron chi connectivity index (χ0n) is 17.7. The van der Waals surface area contributed by atoms with Crippen LogP contribution in [0.5, 0.6) is 0 Å². The number of rotatable bonds is 7. The van der Waals surface area contributed by atoms with E-state index in [9.17, 15) is 0 Å². The van der Waals surface area contributed by atoms with Gasteiger partial charge in [-0.15, -0.1) is 16.4 Å². The van der Waals surface area contributed by atoms with Crippen LogP contribution in [0.1, 0.15) is 27.9 Å². The van der Waals surface area contributed by atoms with Gasteiger partial charge in [0, 0.05) is 42.6 Å². The third-order valence-electron chi connectivity index (χ3n) is 5.90. The summed E-state index contributed by atoms with van der Waals surface area (Å²) >= 11 is 7.91. The number of nitrogens with zero attached hydrogens (tertiary/aromatic N) is 6. The normalized spacial score (nSPS) is 16.3. The van der Waals surface area contributed by atoms with Gasteiger partial charge >= 0.3 is 0 Å². The molecule has 164 valence electrons. The second kappa shape index (κ2) is 9.92. The SMILES string of the molecule is Clc1ccc([C@@H](c2nnnn2Cc2cccs2)N2CCN(Cc3ccccc3)CC2)cc1. The van der Waals surface area contributed by atoms with E-state index >= 15 is 0 Å². The molecule has 3 heterocycles. The highest BCUT2D eigenvalue weighted by Crippen LogP contribution is 2.30. The van der Waals surface area contributed by atoms with Gasteiger partial charge in [-0.3, -0.25) is 9.80 Å². The molecule has 0 spiro atoms. The fourth-order valence-electron chi connectivity index (χ4n) is 4.26. The molecule has 2 aromatic carbocycles. The Hall–Kier alpha value is -2.58. The molecule has 32 heavy (non-hydrogen) atoms. The molecular formula is C24H25ClN6S. The molecule has 1 aliphatic rings. The summed E-state index contributed by atoms with van der Waals surface area (Å²) in [5, 5.41) is 15.7. The lowest BCUT2D eigenvalue weighted by Crippen LogP contribution is -2.47. The minimum atomic E-state index is -0.0129. The minimum Gasteiger partial charge on any atom is -0.297 e. The van der Waals surface area contributed by atoms with Crippen LogP contribution in [0.15, 0.2) is 72.1 Å². The predicted octanol–water partition coefficient (Wildman–Crippen LogP) is 4.34. The standard InChI is InChI=1S/C24H25ClN6S/c25-21-10-8-20(9-11-21)23(24-26-27-28-31(24)18-22-7-4-16-32-22)30-14-12-29(13-15-30)17-19-5-2-1-3-6-19/h1-11,16,23H,12-15,17-18H2/t23-/m0/s1. The van der Waals surface area contributed by atoms with Gasteiger partial charge in [-0.25, -0.2) is 4.68 Å². The van der Waals surface area contributed by atoms with E-state index in [1.807, 2.05) is 16.8 Å². The lowest BCUT2D eigenvalue weighted by molar-refractivity contribution is 0.100. The first-order chi connectivity index (χ1) is 15.8. The third-order valence-corrected chi connectivity index (χ3v) is 7.01. The lowest BCUT2D eigenvalue weighted by Gasteiger charge is -2.39. The summed E-state index contributed by atoms with van der Waals surface area (Å²) in [6, 6.07) is 22.9. The molecule has 1 fully saturated rings. The third kappa shape index (κ3) is 4.91. The maximum Gasteiger partial charge on any atom is 0.173 e. The number of hydrogen-bond donors (Lipinski definition) is 0. The topological polar surface area (TPSA) is 50.1 Å². The van der Waals surface area contributed by atoms with Crippen molar-refractivity contribution < 1.29 is 0 Å². The fraction of sp³-hybridized carbons (Fsp3) is 0.292. The second-order valence-electron chi connectivity index (χ2n) is 8.03. The molecule has 1 aliphatic heterocycles. The molecule has 0 radical (unpaired) electrons. The van der Waals surface area contributed by atoms with Crippen molar-refractivity contribution in [2.24, 2.45) is 0 Å². The van der Waals surface area contributed by atoms with Crippen molar-refractivity contribution in [1.29, 1.82) is 0 Å². The van der Waals surface area contributed by atoms with Crippen molar-refractivity contribution >= 4 is 22.9 Å². The molecule has 1 saturated heterocycles. The van der Waals surface area contributed by atoms with Crippen molar-refractivity contribution in [1.82, 2.24) is 30.0 Å². The van der Waals surface area contributed by atoms with Crippen molar-refractivity contribution in [2.75, 3.05) is 26.2 Å². The summed E-state index contributed by atoms with van der Waals surface area (Å²) in [6.07, 6.45) is 0. The van der Waals surface area contributed by atoms with Crippen molar-refractivity contribution in [3.8, 4) is 0 Å². The van der Waals surface area contributed by atoms with E-state index in [1.165, 1.54) is 10.4 Å². The van der Waals surface area contributed by atoms with Crippen LogP contribution in [0.25, 0.3) is 0 Å². The van der Waals surface area contributed by atoms with Gasteiger partial charge < -0.3 is 0 Å². The summed E-state index contributed by atoms with van der Waals surface area (Å²) in [5.74, 6) is 0.872. The Morgan fingerprint density at radius 3 is 2.38 bits per heavy atom. The monoisotopic (exact) mass is 464 g/mol. The Kier molecular flexibility index (Phi) is 6.59. The Labute approximate surface area is 197 Å². The van der Waals surface area contributed by atoms with Crippen LogP contribution >= 0.6 is 22.9 Å². The number of thiophene rings is 1. The molecule has 0 aliphatic carbocycles. The molecule has 0 N–H and O–H groups in total. The van der Waals surface area contributed by atoms with Gasteiger partial charge in [-0.1, -0.05) is 60.1 Å². The Balaban J connectivity index is 1.37. The highest BCUT2D eigenvalue weighted by Gasteiger charge is 2.30. The molecule has 5 rings (SSSR count). The maximum atomic E-state index is 6.18. The van der Waals surface area contributed by atoms with Crippen LogP contribution in [-0.2, 0) is 13.1 Å². The summed E-state index contributed by atoms with van der Waals surface area (Å²) in [4.78, 5) is 6.24. The number of piperazine rings is 1. The van der Waals surface area contributed by atoms with Gasteiger partial charge in [0.05, 0.1) is 12.6 Å². The van der Waals surface area contributed by atoms with E-state index in [0.717, 1.165) is 49.1 Å². The Morgan fingerprint density at radius 1 is 0.875 bits per heavy atom. The molecule has 4 aromatic rings. The Morgan fingerprint density at radius 2 is 1.66 bits per heavy atom. The van der Waals surface area contributed by atoms with Gasteiger partial charge in [0.1, 0.15) is 0 Å². The van der Waals surface area contributed by atoms with E-state index in [0.29, 0.717) is 6.54 Å². The number of tetrazole rings is 1. The minimum absolute atomic E-state index is 0.0129. The van der Waals surface area contributed by atoms with E-state index < -0.39 is 0 Å². The van der Waals surface area contributed by atoms with Crippen LogP contribution in [-0.4, -0.2) is 56.2 Å². The van der Waals surface area contributed by atoms with Crippen LogP contribution < -0.4 is 0 Å². The van der Waals surface area contributed by atoms with Gasteiger partial charge in [-0.05, 0) is 45.1 Å². The average Bonchev–Trinajstić information content (AvgIpc) is 3.50. The van der Waals surface area contributed by atoms with E-state index in [2.05, 4.69) is 85.3 Å². The van der Waals surface area contributed by atoms with Crippen LogP contribution in [0, 0.1) is 0 Å². The summed E-state index contributed by atoms with van der Waals surface area (Å²) in [6.45, 7) is 5.57. The van der Waals surface area contributed by atoms with Crippen LogP contribution in [0.3, 0.4) is 0 Å². The molecule has 1 atom stereocenters. The molecule has 0 saturated carbocycles. The smallest absolute Gasteiger partial charge is 0.173 e. The largest absolute Gasteiger partial charge is 0.297 e. The molecule has 6 nitrogen and oxygen atoms in total. The Bertz CT molecular complexity index is 1110. The average molecular weight is 465 g/mol. The van der Waals surface area contributed by atoms with Crippen molar-refractivity contribution in [3.05, 3.63) is 99.0 Å². The van der Waals surface area contributed by atoms with Gasteiger partial charge in [0.15, 0.2) is 5.82 Å². The highest BCUT2D eigenvalue weighted by atomic mass is 35.5. The molecular weight excluding hydrogens is 440 g/mol. The maximum absolute atomic E-state index is 6.18. The summed E-state index contributed by atoms with van der Waals surface area (Å²) in [5.41, 5.74) is 2.52. The zero-order valence-corrected chi connectivity index (χ0v) is 19.3. The molecule has 0 unspecified atom stereocenters. The fourth-order valence-corrected chi connectivity index (χ4v) is 5.07. The zero-order chi connectivity index (χ0) is 21.8. The first-order valence-corrected chi connectivity index (χ1v) is 12.1. The summed E-state index contributed by atoms with van der Waals surface area (Å²) in [7, 11) is 0. The van der Waals surface area contributed by atoms with Gasteiger partial charge in [0.2, 0.25) is 0 Å². The number of hydrogen-bond acceptors (Lipinski definition) is 6. The number of halogens is 1. The van der Waals surface area contributed by atoms with E-state index in [-0.39, 0.29) is 6.04 Å². The number of aromatic nitrogens is 4. The van der Waals surface area contributed by atoms with Crippen LogP contribution in [0.4, 0.5) is 0 Å². The first kappa shape index (κ1) is 21.3. The second-order valence-corrected chi connectivity index (χ2v) is 9.49. The first-order valence-electron chi connectivity index (χ1n) is 10.8. The van der Waals surface area contributed by atoms with Crippen LogP contribution in [0.2, 0.25) is 5.02 Å².